The van der Waals surface area contributed by atoms with Crippen molar-refractivity contribution in [1.82, 2.24) is 5.32 Å². The summed E-state index contributed by atoms with van der Waals surface area (Å²) < 4.78 is 11.3. The third-order valence-electron chi connectivity index (χ3n) is 4.09. The van der Waals surface area contributed by atoms with Gasteiger partial charge in [0.15, 0.2) is 0 Å². The number of hydrogen-bond donors (Lipinski definition) is 2. The maximum absolute atomic E-state index is 11.9. The summed E-state index contributed by atoms with van der Waals surface area (Å²) in [4.78, 5) is 11.9. The Morgan fingerprint density at radius 2 is 2.04 bits per heavy atom. The van der Waals surface area contributed by atoms with E-state index >= 15 is 0 Å². The van der Waals surface area contributed by atoms with Gasteiger partial charge >= 0.3 is 0 Å². The first kappa shape index (κ1) is 17.3. The lowest BCUT2D eigenvalue weighted by Gasteiger charge is -2.12. The number of hydrogen-bond acceptors (Lipinski definition) is 4. The molecule has 1 aliphatic rings. The zero-order chi connectivity index (χ0) is 17.3. The molecule has 5 heteroatoms. The second-order valence-electron chi connectivity index (χ2n) is 6.09. The van der Waals surface area contributed by atoms with Gasteiger partial charge in [0.05, 0.1) is 12.6 Å². The molecule has 0 aromatic heterocycles. The molecule has 1 saturated heterocycles. The van der Waals surface area contributed by atoms with Crippen LogP contribution in [-0.4, -0.2) is 31.7 Å². The molecule has 1 aliphatic heterocycles. The zero-order valence-corrected chi connectivity index (χ0v) is 14.2. The van der Waals surface area contributed by atoms with Gasteiger partial charge in [0.2, 0.25) is 5.91 Å². The highest BCUT2D eigenvalue weighted by atomic mass is 16.5. The van der Waals surface area contributed by atoms with Crippen molar-refractivity contribution in [1.29, 1.82) is 0 Å². The highest BCUT2D eigenvalue weighted by Crippen LogP contribution is 2.18. The van der Waals surface area contributed by atoms with Crippen LogP contribution >= 0.6 is 0 Å². The van der Waals surface area contributed by atoms with E-state index in [2.05, 4.69) is 10.6 Å². The summed E-state index contributed by atoms with van der Waals surface area (Å²) in [5.74, 6) is 0.736. The molecule has 25 heavy (non-hydrogen) atoms. The van der Waals surface area contributed by atoms with E-state index in [0.29, 0.717) is 13.2 Å². The first-order chi connectivity index (χ1) is 12.3. The lowest BCUT2D eigenvalue weighted by atomic mass is 10.2. The van der Waals surface area contributed by atoms with Crippen molar-refractivity contribution in [3.05, 3.63) is 60.2 Å². The maximum atomic E-state index is 11.9. The van der Waals surface area contributed by atoms with E-state index in [9.17, 15) is 4.79 Å². The Morgan fingerprint density at radius 3 is 2.84 bits per heavy atom. The van der Waals surface area contributed by atoms with Gasteiger partial charge in [0.25, 0.3) is 0 Å². The summed E-state index contributed by atoms with van der Waals surface area (Å²) in [5, 5.41) is 6.02. The van der Waals surface area contributed by atoms with Gasteiger partial charge in [-0.05, 0) is 30.5 Å². The van der Waals surface area contributed by atoms with Crippen LogP contribution < -0.4 is 15.4 Å². The van der Waals surface area contributed by atoms with Crippen molar-refractivity contribution in [2.75, 3.05) is 25.0 Å². The predicted octanol–water partition coefficient (Wildman–Crippen LogP) is 2.97. The van der Waals surface area contributed by atoms with E-state index in [-0.39, 0.29) is 18.6 Å². The summed E-state index contributed by atoms with van der Waals surface area (Å²) in [6.45, 7) is 2.14. The summed E-state index contributed by atoms with van der Waals surface area (Å²) in [6, 6.07) is 17.7. The number of anilines is 1. The van der Waals surface area contributed by atoms with Crippen molar-refractivity contribution in [2.45, 2.75) is 25.6 Å². The minimum atomic E-state index is -0.0360. The molecule has 0 bridgehead atoms. The molecule has 1 amide bonds. The Hall–Kier alpha value is -2.53. The molecule has 132 valence electrons. The highest BCUT2D eigenvalue weighted by molar-refractivity contribution is 5.80. The van der Waals surface area contributed by atoms with Crippen molar-refractivity contribution >= 4 is 11.6 Å². The SMILES string of the molecule is O=C(CNc1cccc(OCc2ccccc2)c1)NCC1CCCO1. The highest BCUT2D eigenvalue weighted by Gasteiger charge is 2.15. The molecule has 2 aromatic carbocycles. The number of carbonyl (C=O) groups is 1. The van der Waals surface area contributed by atoms with Crippen LogP contribution in [0.1, 0.15) is 18.4 Å². The van der Waals surface area contributed by atoms with Crippen LogP contribution in [0.15, 0.2) is 54.6 Å². The Labute approximate surface area is 148 Å². The number of carbonyl (C=O) groups excluding carboxylic acids is 1. The number of benzene rings is 2. The zero-order valence-electron chi connectivity index (χ0n) is 14.2. The standard InChI is InChI=1S/C20H24N2O3/c23-20(22-13-19-10-5-11-24-19)14-21-17-8-4-9-18(12-17)25-15-16-6-2-1-3-7-16/h1-4,6-9,12,19,21H,5,10-11,13-15H2,(H,22,23). The van der Waals surface area contributed by atoms with Gasteiger partial charge in [0.1, 0.15) is 12.4 Å². The first-order valence-electron chi connectivity index (χ1n) is 8.68. The van der Waals surface area contributed by atoms with Gasteiger partial charge in [-0.2, -0.15) is 0 Å². The minimum Gasteiger partial charge on any atom is -0.489 e. The third kappa shape index (κ3) is 5.80. The summed E-state index contributed by atoms with van der Waals surface area (Å²) in [6.07, 6.45) is 2.27. The summed E-state index contributed by atoms with van der Waals surface area (Å²) in [7, 11) is 0. The van der Waals surface area contributed by atoms with Crippen LogP contribution in [-0.2, 0) is 16.1 Å². The van der Waals surface area contributed by atoms with Gasteiger partial charge < -0.3 is 20.1 Å². The molecule has 0 radical (unpaired) electrons. The van der Waals surface area contributed by atoms with Gasteiger partial charge in [-0.1, -0.05) is 36.4 Å². The van der Waals surface area contributed by atoms with Gasteiger partial charge in [-0.15, -0.1) is 0 Å². The summed E-state index contributed by atoms with van der Waals surface area (Å²) >= 11 is 0. The molecule has 5 nitrogen and oxygen atoms in total. The smallest absolute Gasteiger partial charge is 0.239 e. The van der Waals surface area contributed by atoms with E-state index in [4.69, 9.17) is 9.47 Å². The molecule has 3 rings (SSSR count). The molecule has 0 spiro atoms. The Kier molecular flexibility index (Phi) is 6.29. The van der Waals surface area contributed by atoms with E-state index in [1.807, 2.05) is 54.6 Å². The molecule has 2 N–H and O–H groups in total. The Balaban J connectivity index is 1.42. The molecule has 0 aliphatic carbocycles. The normalized spacial score (nSPS) is 16.4. The van der Waals surface area contributed by atoms with Gasteiger partial charge in [-0.3, -0.25) is 4.79 Å². The van der Waals surface area contributed by atoms with Gasteiger partial charge in [-0.25, -0.2) is 0 Å². The van der Waals surface area contributed by atoms with Crippen LogP contribution in [0.5, 0.6) is 5.75 Å². The number of rotatable bonds is 8. The van der Waals surface area contributed by atoms with Crippen LogP contribution in [0.4, 0.5) is 5.69 Å². The Morgan fingerprint density at radius 1 is 1.16 bits per heavy atom. The molecule has 1 unspecified atom stereocenters. The monoisotopic (exact) mass is 340 g/mol. The van der Waals surface area contributed by atoms with E-state index < -0.39 is 0 Å². The second-order valence-corrected chi connectivity index (χ2v) is 6.09. The molecule has 2 aromatic rings. The topological polar surface area (TPSA) is 59.6 Å². The molecule has 1 fully saturated rings. The fourth-order valence-electron chi connectivity index (χ4n) is 2.71. The lowest BCUT2D eigenvalue weighted by Crippen LogP contribution is -2.35. The third-order valence-corrected chi connectivity index (χ3v) is 4.09. The number of nitrogens with one attached hydrogen (secondary N) is 2. The van der Waals surface area contributed by atoms with Crippen LogP contribution in [0.3, 0.4) is 0 Å². The lowest BCUT2D eigenvalue weighted by molar-refractivity contribution is -0.119. The fraction of sp³-hybridized carbons (Fsp3) is 0.350. The number of amides is 1. The summed E-state index contributed by atoms with van der Waals surface area (Å²) in [5.41, 5.74) is 1.98. The van der Waals surface area contributed by atoms with Crippen molar-refractivity contribution in [2.24, 2.45) is 0 Å². The molecular formula is C20H24N2O3. The quantitative estimate of drug-likeness (QED) is 0.776. The van der Waals surface area contributed by atoms with Crippen molar-refractivity contribution in [3.63, 3.8) is 0 Å². The van der Waals surface area contributed by atoms with Crippen LogP contribution in [0.2, 0.25) is 0 Å². The largest absolute Gasteiger partial charge is 0.489 e. The molecular weight excluding hydrogens is 316 g/mol. The van der Waals surface area contributed by atoms with E-state index in [1.165, 1.54) is 0 Å². The van der Waals surface area contributed by atoms with Crippen LogP contribution in [0, 0.1) is 0 Å². The number of ether oxygens (including phenoxy) is 2. The predicted molar refractivity (Wildman–Crippen MR) is 97.7 cm³/mol. The molecule has 0 saturated carbocycles. The first-order valence-corrected chi connectivity index (χ1v) is 8.68. The van der Waals surface area contributed by atoms with Crippen molar-refractivity contribution in [3.8, 4) is 5.75 Å². The molecule has 1 heterocycles. The second kappa shape index (κ2) is 9.08. The van der Waals surface area contributed by atoms with E-state index in [0.717, 1.165) is 36.4 Å². The van der Waals surface area contributed by atoms with E-state index in [1.54, 1.807) is 0 Å². The average Bonchev–Trinajstić information content (AvgIpc) is 3.18. The Bertz CT molecular complexity index is 670. The van der Waals surface area contributed by atoms with Crippen LogP contribution in [0.25, 0.3) is 0 Å². The van der Waals surface area contributed by atoms with Crippen molar-refractivity contribution < 1.29 is 14.3 Å². The maximum Gasteiger partial charge on any atom is 0.239 e. The minimum absolute atomic E-state index is 0.0360. The molecule has 1 atom stereocenters. The van der Waals surface area contributed by atoms with Gasteiger partial charge in [0, 0.05) is 24.9 Å². The fourth-order valence-corrected chi connectivity index (χ4v) is 2.71. The average molecular weight is 340 g/mol.